The topological polar surface area (TPSA) is 34.4 Å². The van der Waals surface area contributed by atoms with E-state index in [0.29, 0.717) is 0 Å². The van der Waals surface area contributed by atoms with Crippen molar-refractivity contribution in [3.05, 3.63) is 35.5 Å². The quantitative estimate of drug-likeness (QED) is 0.850. The van der Waals surface area contributed by atoms with Gasteiger partial charge in [0.15, 0.2) is 0 Å². The third kappa shape index (κ3) is 3.13. The molecule has 0 radical (unpaired) electrons. The molecule has 94 valence electrons. The maximum atomic E-state index is 5.76. The summed E-state index contributed by atoms with van der Waals surface area (Å²) >= 11 is 0. The largest absolute Gasteiger partial charge is 0.496 e. The fourth-order valence-electron chi connectivity index (χ4n) is 2.06. The van der Waals surface area contributed by atoms with Crippen molar-refractivity contribution in [2.45, 2.75) is 39.2 Å². The lowest BCUT2D eigenvalue weighted by Gasteiger charge is -2.23. The summed E-state index contributed by atoms with van der Waals surface area (Å²) < 4.78 is 11.2. The molecule has 0 spiro atoms. The Labute approximate surface area is 103 Å². The van der Waals surface area contributed by atoms with Crippen molar-refractivity contribution in [1.82, 2.24) is 5.32 Å². The zero-order chi connectivity index (χ0) is 12.1. The Morgan fingerprint density at radius 3 is 2.94 bits per heavy atom. The molecular weight excluding hydrogens is 214 g/mol. The molecule has 0 saturated carbocycles. The molecule has 1 atom stereocenters. The van der Waals surface area contributed by atoms with E-state index in [1.165, 1.54) is 0 Å². The molecule has 0 aromatic carbocycles. The molecule has 3 nitrogen and oxygen atoms in total. The molecular formula is C14H21NO2. The first-order chi connectivity index (χ1) is 8.31. The Balaban J connectivity index is 2.15. The molecule has 0 amide bonds. The van der Waals surface area contributed by atoms with Crippen molar-refractivity contribution in [3.8, 4) is 0 Å². The van der Waals surface area contributed by atoms with Crippen LogP contribution in [0.2, 0.25) is 0 Å². The van der Waals surface area contributed by atoms with Crippen LogP contribution in [0.15, 0.2) is 28.6 Å². The average Bonchev–Trinajstić information content (AvgIpc) is 2.78. The summed E-state index contributed by atoms with van der Waals surface area (Å²) in [5, 5.41) is 3.52. The number of allylic oxidation sites excluding steroid dienone is 1. The smallest absolute Gasteiger partial charge is 0.114 e. The Bertz CT molecular complexity index is 381. The second kappa shape index (κ2) is 5.92. The molecule has 1 unspecified atom stereocenters. The number of rotatable bonds is 5. The van der Waals surface area contributed by atoms with Gasteiger partial charge in [0.2, 0.25) is 0 Å². The Morgan fingerprint density at radius 2 is 2.35 bits per heavy atom. The SMILES string of the molecule is CCCNC(C1=CCCCO1)c1coc(C)c1. The summed E-state index contributed by atoms with van der Waals surface area (Å²) in [4.78, 5) is 0. The number of aryl methyl sites for hydroxylation is 1. The number of ether oxygens (including phenoxy) is 1. The van der Waals surface area contributed by atoms with Crippen molar-refractivity contribution in [1.29, 1.82) is 0 Å². The minimum atomic E-state index is 0.146. The molecule has 0 aliphatic carbocycles. The van der Waals surface area contributed by atoms with Gasteiger partial charge in [0.25, 0.3) is 0 Å². The van der Waals surface area contributed by atoms with Gasteiger partial charge < -0.3 is 14.5 Å². The van der Waals surface area contributed by atoms with Crippen molar-refractivity contribution < 1.29 is 9.15 Å². The number of hydrogen-bond donors (Lipinski definition) is 1. The predicted octanol–water partition coefficient (Wildman–Crippen LogP) is 3.32. The van der Waals surface area contributed by atoms with Crippen molar-refractivity contribution >= 4 is 0 Å². The third-order valence-corrected chi connectivity index (χ3v) is 2.93. The highest BCUT2D eigenvalue weighted by molar-refractivity contribution is 5.24. The normalized spacial score (nSPS) is 17.4. The van der Waals surface area contributed by atoms with E-state index < -0.39 is 0 Å². The van der Waals surface area contributed by atoms with E-state index in [-0.39, 0.29) is 6.04 Å². The van der Waals surface area contributed by atoms with Crippen LogP contribution < -0.4 is 5.32 Å². The van der Waals surface area contributed by atoms with E-state index in [0.717, 1.165) is 49.5 Å². The minimum absolute atomic E-state index is 0.146. The first kappa shape index (κ1) is 12.2. The average molecular weight is 235 g/mol. The van der Waals surface area contributed by atoms with E-state index in [9.17, 15) is 0 Å². The molecule has 0 fully saturated rings. The fraction of sp³-hybridized carbons (Fsp3) is 0.571. The van der Waals surface area contributed by atoms with Crippen LogP contribution in [0, 0.1) is 6.92 Å². The Morgan fingerprint density at radius 1 is 1.47 bits per heavy atom. The maximum absolute atomic E-state index is 5.76. The van der Waals surface area contributed by atoms with Crippen LogP contribution in [-0.4, -0.2) is 13.2 Å². The molecule has 2 rings (SSSR count). The van der Waals surface area contributed by atoms with Gasteiger partial charge in [0, 0.05) is 5.56 Å². The molecule has 3 heteroatoms. The lowest BCUT2D eigenvalue weighted by Crippen LogP contribution is -2.25. The third-order valence-electron chi connectivity index (χ3n) is 2.93. The molecule has 1 N–H and O–H groups in total. The monoisotopic (exact) mass is 235 g/mol. The van der Waals surface area contributed by atoms with Crippen LogP contribution >= 0.6 is 0 Å². The van der Waals surface area contributed by atoms with Crippen LogP contribution in [0.5, 0.6) is 0 Å². The summed E-state index contributed by atoms with van der Waals surface area (Å²) in [6, 6.07) is 2.22. The van der Waals surface area contributed by atoms with Gasteiger partial charge in [-0.25, -0.2) is 0 Å². The highest BCUT2D eigenvalue weighted by Gasteiger charge is 2.20. The summed E-state index contributed by atoms with van der Waals surface area (Å²) in [6.07, 6.45) is 7.35. The lowest BCUT2D eigenvalue weighted by molar-refractivity contribution is 0.167. The van der Waals surface area contributed by atoms with Crippen molar-refractivity contribution in [2.75, 3.05) is 13.2 Å². The Kier molecular flexibility index (Phi) is 4.26. The van der Waals surface area contributed by atoms with Gasteiger partial charge in [-0.3, -0.25) is 0 Å². The van der Waals surface area contributed by atoms with E-state index in [1.807, 2.05) is 13.2 Å². The van der Waals surface area contributed by atoms with E-state index in [2.05, 4.69) is 24.4 Å². The molecule has 0 bridgehead atoms. The zero-order valence-corrected chi connectivity index (χ0v) is 10.7. The van der Waals surface area contributed by atoms with Crippen LogP contribution in [0.25, 0.3) is 0 Å². The van der Waals surface area contributed by atoms with Crippen LogP contribution in [0.1, 0.15) is 43.6 Å². The fourth-order valence-corrected chi connectivity index (χ4v) is 2.06. The van der Waals surface area contributed by atoms with Crippen molar-refractivity contribution in [3.63, 3.8) is 0 Å². The van der Waals surface area contributed by atoms with Crippen molar-refractivity contribution in [2.24, 2.45) is 0 Å². The molecule has 0 saturated heterocycles. The molecule has 1 aromatic heterocycles. The summed E-state index contributed by atoms with van der Waals surface area (Å²) in [5.74, 6) is 1.99. The van der Waals surface area contributed by atoms with Gasteiger partial charge >= 0.3 is 0 Å². The molecule has 17 heavy (non-hydrogen) atoms. The van der Waals surface area contributed by atoms with Gasteiger partial charge in [-0.15, -0.1) is 0 Å². The van der Waals surface area contributed by atoms with Gasteiger partial charge in [-0.05, 0) is 44.9 Å². The molecule has 1 aliphatic rings. The van der Waals surface area contributed by atoms with Crippen LogP contribution in [-0.2, 0) is 4.74 Å². The first-order valence-electron chi connectivity index (χ1n) is 6.42. The number of furan rings is 1. The number of hydrogen-bond acceptors (Lipinski definition) is 3. The van der Waals surface area contributed by atoms with Crippen LogP contribution in [0.3, 0.4) is 0 Å². The highest BCUT2D eigenvalue weighted by atomic mass is 16.5. The standard InChI is InChI=1S/C14H21NO2/c1-3-7-15-14(12-9-11(2)17-10-12)13-6-4-5-8-16-13/h6,9-10,14-15H,3-5,7-8H2,1-2H3. The maximum Gasteiger partial charge on any atom is 0.114 e. The Hall–Kier alpha value is -1.22. The lowest BCUT2D eigenvalue weighted by atomic mass is 10.1. The molecule has 2 heterocycles. The highest BCUT2D eigenvalue weighted by Crippen LogP contribution is 2.27. The predicted molar refractivity (Wildman–Crippen MR) is 67.7 cm³/mol. The van der Waals surface area contributed by atoms with E-state index in [1.54, 1.807) is 0 Å². The second-order valence-electron chi connectivity index (χ2n) is 4.48. The number of nitrogens with one attached hydrogen (secondary N) is 1. The molecule has 1 aliphatic heterocycles. The van der Waals surface area contributed by atoms with Gasteiger partial charge in [-0.1, -0.05) is 6.92 Å². The summed E-state index contributed by atoms with van der Waals surface area (Å²) in [7, 11) is 0. The zero-order valence-electron chi connectivity index (χ0n) is 10.7. The van der Waals surface area contributed by atoms with Crippen LogP contribution in [0.4, 0.5) is 0 Å². The van der Waals surface area contributed by atoms with Gasteiger partial charge in [0.1, 0.15) is 11.5 Å². The van der Waals surface area contributed by atoms with E-state index >= 15 is 0 Å². The second-order valence-corrected chi connectivity index (χ2v) is 4.48. The van der Waals surface area contributed by atoms with Gasteiger partial charge in [0.05, 0.1) is 18.9 Å². The molecule has 1 aromatic rings. The summed E-state index contributed by atoms with van der Waals surface area (Å²) in [6.45, 7) is 5.94. The first-order valence-corrected chi connectivity index (χ1v) is 6.42. The summed E-state index contributed by atoms with van der Waals surface area (Å²) in [5.41, 5.74) is 1.16. The van der Waals surface area contributed by atoms with E-state index in [4.69, 9.17) is 9.15 Å². The van der Waals surface area contributed by atoms with Gasteiger partial charge in [-0.2, -0.15) is 0 Å². The minimum Gasteiger partial charge on any atom is -0.496 e.